The number of rotatable bonds is 5. The van der Waals surface area contributed by atoms with Gasteiger partial charge in [-0.3, -0.25) is 14.2 Å². The number of anilines is 1. The lowest BCUT2D eigenvalue weighted by Crippen LogP contribution is -2.13. The van der Waals surface area contributed by atoms with Crippen molar-refractivity contribution < 1.29 is 4.79 Å². The standard InChI is InChI=1S/C30H26N6O/c1-19-29(20(2)35(3)34-19)28-15-26(25-13-6-7-14-27(25)33-28)30(37)32-23-16-31-36(18-23)17-22-11-8-10-21-9-4-5-12-24(21)22/h4-16,18H,17H2,1-3H3,(H,32,37). The van der Waals surface area contributed by atoms with Crippen molar-refractivity contribution in [3.05, 3.63) is 108 Å². The highest BCUT2D eigenvalue weighted by Gasteiger charge is 2.19. The van der Waals surface area contributed by atoms with Gasteiger partial charge in [0.2, 0.25) is 0 Å². The van der Waals surface area contributed by atoms with E-state index in [9.17, 15) is 4.79 Å². The van der Waals surface area contributed by atoms with Gasteiger partial charge in [-0.15, -0.1) is 0 Å². The fourth-order valence-electron chi connectivity index (χ4n) is 4.95. The molecule has 0 aliphatic carbocycles. The highest BCUT2D eigenvalue weighted by molar-refractivity contribution is 6.13. The Kier molecular flexibility index (Phi) is 5.53. The molecule has 7 nitrogen and oxygen atoms in total. The van der Waals surface area contributed by atoms with E-state index in [1.807, 2.05) is 78.9 Å². The van der Waals surface area contributed by atoms with E-state index in [0.717, 1.165) is 33.5 Å². The summed E-state index contributed by atoms with van der Waals surface area (Å²) in [6.45, 7) is 4.58. The average Bonchev–Trinajstić information content (AvgIpc) is 3.45. The molecule has 0 aliphatic heterocycles. The van der Waals surface area contributed by atoms with Crippen molar-refractivity contribution in [1.29, 1.82) is 0 Å². The maximum atomic E-state index is 13.5. The minimum absolute atomic E-state index is 0.205. The Bertz CT molecular complexity index is 1790. The summed E-state index contributed by atoms with van der Waals surface area (Å²) < 4.78 is 3.68. The number of aromatic nitrogens is 5. The Morgan fingerprint density at radius 2 is 1.70 bits per heavy atom. The van der Waals surface area contributed by atoms with Gasteiger partial charge in [0, 0.05) is 29.9 Å². The predicted molar refractivity (Wildman–Crippen MR) is 147 cm³/mol. The molecule has 0 saturated heterocycles. The summed E-state index contributed by atoms with van der Waals surface area (Å²) in [7, 11) is 1.91. The van der Waals surface area contributed by atoms with Gasteiger partial charge in [-0.05, 0) is 42.3 Å². The van der Waals surface area contributed by atoms with Crippen molar-refractivity contribution in [2.45, 2.75) is 20.4 Å². The molecule has 3 aromatic heterocycles. The molecule has 0 atom stereocenters. The molecule has 37 heavy (non-hydrogen) atoms. The van der Waals surface area contributed by atoms with Gasteiger partial charge >= 0.3 is 0 Å². The molecule has 3 heterocycles. The maximum Gasteiger partial charge on any atom is 0.256 e. The lowest BCUT2D eigenvalue weighted by Gasteiger charge is -2.10. The second kappa shape index (κ2) is 9.02. The summed E-state index contributed by atoms with van der Waals surface area (Å²) in [5.41, 5.74) is 6.70. The Balaban J connectivity index is 1.32. The number of hydrogen-bond donors (Lipinski definition) is 1. The molecule has 7 heteroatoms. The molecule has 0 saturated carbocycles. The number of nitrogens with zero attached hydrogens (tertiary/aromatic N) is 5. The maximum absolute atomic E-state index is 13.5. The molecular formula is C30H26N6O. The van der Waals surface area contributed by atoms with Gasteiger partial charge in [-0.2, -0.15) is 10.2 Å². The number of carbonyl (C=O) groups is 1. The van der Waals surface area contributed by atoms with Crippen LogP contribution in [0.2, 0.25) is 0 Å². The van der Waals surface area contributed by atoms with Gasteiger partial charge in [-0.1, -0.05) is 60.7 Å². The van der Waals surface area contributed by atoms with Crippen LogP contribution >= 0.6 is 0 Å². The summed E-state index contributed by atoms with van der Waals surface area (Å²) in [5, 5.41) is 15.3. The van der Waals surface area contributed by atoms with Crippen LogP contribution in [-0.2, 0) is 13.6 Å². The van der Waals surface area contributed by atoms with Gasteiger partial charge < -0.3 is 5.32 Å². The molecule has 6 rings (SSSR count). The molecule has 0 unspecified atom stereocenters. The van der Waals surface area contributed by atoms with E-state index in [4.69, 9.17) is 4.98 Å². The van der Waals surface area contributed by atoms with Crippen molar-refractivity contribution >= 4 is 33.3 Å². The predicted octanol–water partition coefficient (Wildman–Crippen LogP) is 5.90. The minimum Gasteiger partial charge on any atom is -0.319 e. The zero-order chi connectivity index (χ0) is 25.5. The third-order valence-corrected chi connectivity index (χ3v) is 6.83. The second-order valence-corrected chi connectivity index (χ2v) is 9.26. The molecule has 0 spiro atoms. The second-order valence-electron chi connectivity index (χ2n) is 9.26. The van der Waals surface area contributed by atoms with Crippen LogP contribution in [0.15, 0.2) is 85.2 Å². The van der Waals surface area contributed by atoms with Gasteiger partial charge in [0.1, 0.15) is 0 Å². The van der Waals surface area contributed by atoms with E-state index >= 15 is 0 Å². The number of carbonyl (C=O) groups excluding carboxylic acids is 1. The number of hydrogen-bond acceptors (Lipinski definition) is 4. The van der Waals surface area contributed by atoms with Gasteiger partial charge in [0.05, 0.1) is 40.9 Å². The highest BCUT2D eigenvalue weighted by Crippen LogP contribution is 2.29. The summed E-state index contributed by atoms with van der Waals surface area (Å²) in [5.74, 6) is -0.205. The number of nitrogens with one attached hydrogen (secondary N) is 1. The molecule has 0 radical (unpaired) electrons. The number of fused-ring (bicyclic) bond motifs is 2. The Labute approximate surface area is 214 Å². The van der Waals surface area contributed by atoms with Gasteiger partial charge in [0.25, 0.3) is 5.91 Å². The van der Waals surface area contributed by atoms with Crippen LogP contribution in [0, 0.1) is 13.8 Å². The molecule has 182 valence electrons. The minimum atomic E-state index is -0.205. The van der Waals surface area contributed by atoms with Crippen LogP contribution < -0.4 is 5.32 Å². The fraction of sp³-hybridized carbons (Fsp3) is 0.133. The number of pyridine rings is 1. The summed E-state index contributed by atoms with van der Waals surface area (Å²) in [4.78, 5) is 18.4. The lowest BCUT2D eigenvalue weighted by atomic mass is 10.0. The normalized spacial score (nSPS) is 11.3. The zero-order valence-corrected chi connectivity index (χ0v) is 20.9. The lowest BCUT2D eigenvalue weighted by molar-refractivity contribution is 0.102. The van der Waals surface area contributed by atoms with Crippen molar-refractivity contribution in [2.24, 2.45) is 7.05 Å². The first kappa shape index (κ1) is 22.7. The summed E-state index contributed by atoms with van der Waals surface area (Å²) >= 11 is 0. The third-order valence-electron chi connectivity index (χ3n) is 6.83. The topological polar surface area (TPSA) is 77.6 Å². The molecule has 0 fully saturated rings. The molecule has 1 amide bonds. The van der Waals surface area contributed by atoms with E-state index in [2.05, 4.69) is 45.8 Å². The van der Waals surface area contributed by atoms with Crippen molar-refractivity contribution in [3.8, 4) is 11.3 Å². The first-order valence-corrected chi connectivity index (χ1v) is 12.2. The zero-order valence-electron chi connectivity index (χ0n) is 20.9. The van der Waals surface area contributed by atoms with Crippen LogP contribution in [0.1, 0.15) is 27.3 Å². The quantitative estimate of drug-likeness (QED) is 0.329. The van der Waals surface area contributed by atoms with Crippen LogP contribution in [-0.4, -0.2) is 30.5 Å². The number of aryl methyl sites for hydroxylation is 2. The molecule has 1 N–H and O–H groups in total. The van der Waals surface area contributed by atoms with Crippen molar-refractivity contribution in [3.63, 3.8) is 0 Å². The Hall–Kier alpha value is -4.78. The molecular weight excluding hydrogens is 460 g/mol. The Morgan fingerprint density at radius 1 is 0.946 bits per heavy atom. The largest absolute Gasteiger partial charge is 0.319 e. The third kappa shape index (κ3) is 4.14. The van der Waals surface area contributed by atoms with E-state index in [0.29, 0.717) is 17.8 Å². The van der Waals surface area contributed by atoms with Crippen LogP contribution in [0.3, 0.4) is 0 Å². The summed E-state index contributed by atoms with van der Waals surface area (Å²) in [6, 6.07) is 24.1. The monoisotopic (exact) mass is 486 g/mol. The van der Waals surface area contributed by atoms with Gasteiger partial charge in [-0.25, -0.2) is 4.98 Å². The van der Waals surface area contributed by atoms with Gasteiger partial charge in [0.15, 0.2) is 0 Å². The van der Waals surface area contributed by atoms with E-state index < -0.39 is 0 Å². The van der Waals surface area contributed by atoms with E-state index in [1.54, 1.807) is 6.20 Å². The smallest absolute Gasteiger partial charge is 0.256 e. The van der Waals surface area contributed by atoms with Crippen molar-refractivity contribution in [1.82, 2.24) is 24.5 Å². The van der Waals surface area contributed by atoms with Crippen LogP contribution in [0.5, 0.6) is 0 Å². The number of para-hydroxylation sites is 1. The number of amides is 1. The molecule has 6 aromatic rings. The van der Waals surface area contributed by atoms with Crippen LogP contribution in [0.25, 0.3) is 32.9 Å². The van der Waals surface area contributed by atoms with E-state index in [-0.39, 0.29) is 5.91 Å². The average molecular weight is 487 g/mol. The molecule has 0 aliphatic rings. The fourth-order valence-corrected chi connectivity index (χ4v) is 4.95. The first-order chi connectivity index (χ1) is 18.0. The molecule has 0 bridgehead atoms. The van der Waals surface area contributed by atoms with Crippen molar-refractivity contribution in [2.75, 3.05) is 5.32 Å². The summed E-state index contributed by atoms with van der Waals surface area (Å²) in [6.07, 6.45) is 3.54. The first-order valence-electron chi connectivity index (χ1n) is 12.2. The highest BCUT2D eigenvalue weighted by atomic mass is 16.1. The number of benzene rings is 3. The Morgan fingerprint density at radius 3 is 2.51 bits per heavy atom. The SMILES string of the molecule is Cc1nn(C)c(C)c1-c1cc(C(=O)Nc2cnn(Cc3cccc4ccccc34)c2)c2ccccc2n1. The van der Waals surface area contributed by atoms with E-state index in [1.165, 1.54) is 16.3 Å². The molecule has 3 aromatic carbocycles. The van der Waals surface area contributed by atoms with Crippen LogP contribution in [0.4, 0.5) is 5.69 Å².